The predicted octanol–water partition coefficient (Wildman–Crippen LogP) is 3.16. The summed E-state index contributed by atoms with van der Waals surface area (Å²) in [5.41, 5.74) is 2.93. The number of benzene rings is 2. The van der Waals surface area contributed by atoms with Gasteiger partial charge in [0.15, 0.2) is 18.2 Å². The van der Waals surface area contributed by atoms with Crippen molar-refractivity contribution in [1.29, 1.82) is 5.26 Å². The number of aromatic hydroxyl groups is 1. The van der Waals surface area contributed by atoms with Crippen molar-refractivity contribution in [2.45, 2.75) is 19.1 Å². The van der Waals surface area contributed by atoms with Crippen molar-refractivity contribution in [2.75, 3.05) is 29.9 Å². The first-order chi connectivity index (χ1) is 17.5. The monoisotopic (exact) mass is 485 g/mol. The van der Waals surface area contributed by atoms with Crippen LogP contribution in [0.3, 0.4) is 0 Å². The number of hydrogen-bond donors (Lipinski definition) is 3. The Hall–Kier alpha value is -4.62. The van der Waals surface area contributed by atoms with E-state index in [4.69, 9.17) is 14.7 Å². The van der Waals surface area contributed by atoms with Crippen LogP contribution in [0.4, 0.5) is 16.4 Å². The number of ether oxygens (including phenoxy) is 2. The third kappa shape index (κ3) is 4.92. The van der Waals surface area contributed by atoms with E-state index < -0.39 is 6.09 Å². The Balaban J connectivity index is 1.15. The molecule has 3 heterocycles. The standard InChI is InChI=1S/C26H23N5O5/c27-12-16-4-5-21(32)20(11-16)18-3-1-2-17(10-18)13-28-9-8-19-14-31(26(34)36-19)23-7-6-22-25(29-23)30-24(33)15-35-22/h1-7,10-11,19,28,32H,8-9,13-15H2,(H,29,30,33)/t19-/m0/s1. The Morgan fingerprint density at radius 3 is 2.94 bits per heavy atom. The largest absolute Gasteiger partial charge is 0.507 e. The molecule has 1 aromatic heterocycles. The van der Waals surface area contributed by atoms with Crippen molar-refractivity contribution in [3.8, 4) is 28.7 Å². The molecule has 10 nitrogen and oxygen atoms in total. The fourth-order valence-electron chi connectivity index (χ4n) is 4.14. The minimum Gasteiger partial charge on any atom is -0.507 e. The Morgan fingerprint density at radius 2 is 2.08 bits per heavy atom. The second-order valence-corrected chi connectivity index (χ2v) is 8.48. The maximum Gasteiger partial charge on any atom is 0.415 e. The molecule has 2 aromatic carbocycles. The maximum absolute atomic E-state index is 12.4. The topological polar surface area (TPSA) is 137 Å². The first-order valence-electron chi connectivity index (χ1n) is 11.4. The molecule has 0 bridgehead atoms. The van der Waals surface area contributed by atoms with Gasteiger partial charge in [0.2, 0.25) is 0 Å². The summed E-state index contributed by atoms with van der Waals surface area (Å²) in [6.45, 7) is 1.50. The zero-order valence-corrected chi connectivity index (χ0v) is 19.2. The van der Waals surface area contributed by atoms with Crippen LogP contribution >= 0.6 is 0 Å². The molecule has 1 atom stereocenters. The van der Waals surface area contributed by atoms with Crippen LogP contribution < -0.4 is 20.3 Å². The van der Waals surface area contributed by atoms with Gasteiger partial charge in [0.1, 0.15) is 17.7 Å². The van der Waals surface area contributed by atoms with E-state index in [1.54, 1.807) is 24.3 Å². The average molecular weight is 486 g/mol. The molecule has 0 radical (unpaired) electrons. The van der Waals surface area contributed by atoms with Gasteiger partial charge in [-0.05, 0) is 60.5 Å². The Morgan fingerprint density at radius 1 is 1.19 bits per heavy atom. The molecule has 2 aliphatic rings. The zero-order chi connectivity index (χ0) is 25.1. The van der Waals surface area contributed by atoms with Crippen LogP contribution in [0.5, 0.6) is 11.5 Å². The van der Waals surface area contributed by atoms with Gasteiger partial charge in [-0.2, -0.15) is 5.26 Å². The smallest absolute Gasteiger partial charge is 0.415 e. The summed E-state index contributed by atoms with van der Waals surface area (Å²) in [5, 5.41) is 25.3. The number of pyridine rings is 1. The second-order valence-electron chi connectivity index (χ2n) is 8.48. The number of nitrogens with zero attached hydrogens (tertiary/aromatic N) is 3. The molecule has 1 saturated heterocycles. The molecule has 36 heavy (non-hydrogen) atoms. The van der Waals surface area contributed by atoms with E-state index in [0.717, 1.165) is 11.1 Å². The minimum atomic E-state index is -0.484. The average Bonchev–Trinajstić information content (AvgIpc) is 3.27. The number of anilines is 2. The number of carbonyl (C=O) groups is 2. The van der Waals surface area contributed by atoms with Gasteiger partial charge >= 0.3 is 6.09 Å². The van der Waals surface area contributed by atoms with Gasteiger partial charge in [-0.15, -0.1) is 0 Å². The van der Waals surface area contributed by atoms with Crippen molar-refractivity contribution in [3.63, 3.8) is 0 Å². The molecule has 0 unspecified atom stereocenters. The number of phenols is 1. The number of fused-ring (bicyclic) bond motifs is 1. The fourth-order valence-corrected chi connectivity index (χ4v) is 4.14. The number of hydrogen-bond acceptors (Lipinski definition) is 8. The summed E-state index contributed by atoms with van der Waals surface area (Å²) in [6, 6.07) is 17.9. The highest BCUT2D eigenvalue weighted by Gasteiger charge is 2.33. The molecule has 2 amide bonds. The molecule has 2 aliphatic heterocycles. The molecule has 10 heteroatoms. The number of aromatic nitrogens is 1. The normalized spacial score (nSPS) is 16.5. The maximum atomic E-state index is 12.4. The Labute approximate surface area is 207 Å². The molecule has 3 aromatic rings. The van der Waals surface area contributed by atoms with Crippen molar-refractivity contribution in [3.05, 3.63) is 65.7 Å². The number of cyclic esters (lactones) is 1. The molecule has 0 spiro atoms. The number of nitrogens with one attached hydrogen (secondary N) is 2. The number of nitriles is 1. The third-order valence-electron chi connectivity index (χ3n) is 5.95. The van der Waals surface area contributed by atoms with Gasteiger partial charge in [-0.1, -0.05) is 18.2 Å². The van der Waals surface area contributed by atoms with Gasteiger partial charge in [0.05, 0.1) is 18.2 Å². The lowest BCUT2D eigenvalue weighted by Gasteiger charge is -2.19. The lowest BCUT2D eigenvalue weighted by molar-refractivity contribution is -0.118. The SMILES string of the molecule is N#Cc1ccc(O)c(-c2cccc(CNCC[C@H]3CN(c4ccc5c(n4)NC(=O)CO5)C(=O)O3)c2)c1. The van der Waals surface area contributed by atoms with Crippen LogP contribution in [0, 0.1) is 11.3 Å². The first kappa shape index (κ1) is 23.1. The van der Waals surface area contributed by atoms with Gasteiger partial charge < -0.3 is 25.2 Å². The van der Waals surface area contributed by atoms with Crippen LogP contribution in [0.2, 0.25) is 0 Å². The predicted molar refractivity (Wildman–Crippen MR) is 131 cm³/mol. The van der Waals surface area contributed by atoms with Crippen LogP contribution in [-0.2, 0) is 16.1 Å². The molecule has 1 fully saturated rings. The number of rotatable bonds is 7. The van der Waals surface area contributed by atoms with E-state index in [1.807, 2.05) is 24.3 Å². The minimum absolute atomic E-state index is 0.0595. The summed E-state index contributed by atoms with van der Waals surface area (Å²) in [7, 11) is 0. The van der Waals surface area contributed by atoms with E-state index >= 15 is 0 Å². The van der Waals surface area contributed by atoms with E-state index in [2.05, 4.69) is 21.7 Å². The highest BCUT2D eigenvalue weighted by molar-refractivity contribution is 5.95. The highest BCUT2D eigenvalue weighted by atomic mass is 16.6. The molecule has 0 aliphatic carbocycles. The first-order valence-corrected chi connectivity index (χ1v) is 11.4. The van der Waals surface area contributed by atoms with E-state index in [-0.39, 0.29) is 30.2 Å². The van der Waals surface area contributed by atoms with Crippen LogP contribution in [0.25, 0.3) is 11.1 Å². The lowest BCUT2D eigenvalue weighted by atomic mass is 10.0. The van der Waals surface area contributed by atoms with Crippen molar-refractivity contribution in [1.82, 2.24) is 10.3 Å². The second kappa shape index (κ2) is 9.93. The number of carbonyl (C=O) groups excluding carboxylic acids is 2. The fraction of sp³-hybridized carbons (Fsp3) is 0.231. The van der Waals surface area contributed by atoms with E-state index in [0.29, 0.717) is 48.7 Å². The van der Waals surface area contributed by atoms with Crippen LogP contribution in [0.15, 0.2) is 54.6 Å². The van der Waals surface area contributed by atoms with Crippen molar-refractivity contribution in [2.24, 2.45) is 0 Å². The quantitative estimate of drug-likeness (QED) is 0.434. The summed E-state index contributed by atoms with van der Waals surface area (Å²) in [6.07, 6.45) is -0.175. The van der Waals surface area contributed by atoms with E-state index in [1.165, 1.54) is 11.0 Å². The van der Waals surface area contributed by atoms with Gasteiger partial charge in [-0.25, -0.2) is 9.78 Å². The molecule has 5 rings (SSSR count). The summed E-state index contributed by atoms with van der Waals surface area (Å²) in [4.78, 5) is 29.7. The molecular formula is C26H23N5O5. The summed E-state index contributed by atoms with van der Waals surface area (Å²) >= 11 is 0. The van der Waals surface area contributed by atoms with Crippen LogP contribution in [0.1, 0.15) is 17.5 Å². The van der Waals surface area contributed by atoms with Gasteiger partial charge in [-0.3, -0.25) is 9.69 Å². The molecule has 0 saturated carbocycles. The van der Waals surface area contributed by atoms with Crippen molar-refractivity contribution >= 4 is 23.6 Å². The molecule has 182 valence electrons. The molecule has 3 N–H and O–H groups in total. The Kier molecular flexibility index (Phi) is 6.38. The highest BCUT2D eigenvalue weighted by Crippen LogP contribution is 2.31. The summed E-state index contributed by atoms with van der Waals surface area (Å²) < 4.78 is 10.8. The van der Waals surface area contributed by atoms with Crippen molar-refractivity contribution < 1.29 is 24.2 Å². The zero-order valence-electron chi connectivity index (χ0n) is 19.2. The van der Waals surface area contributed by atoms with Gasteiger partial charge in [0.25, 0.3) is 5.91 Å². The Bertz CT molecular complexity index is 1370. The number of amides is 2. The summed E-state index contributed by atoms with van der Waals surface area (Å²) in [5.74, 6) is 0.967. The molecular weight excluding hydrogens is 462 g/mol. The van der Waals surface area contributed by atoms with Crippen LogP contribution in [-0.4, -0.2) is 47.9 Å². The van der Waals surface area contributed by atoms with E-state index in [9.17, 15) is 14.7 Å². The number of phenolic OH excluding ortho intramolecular Hbond substituents is 1. The van der Waals surface area contributed by atoms with Gasteiger partial charge in [0, 0.05) is 12.1 Å². The lowest BCUT2D eigenvalue weighted by Crippen LogP contribution is -2.29. The third-order valence-corrected chi connectivity index (χ3v) is 5.95.